The third-order valence-corrected chi connectivity index (χ3v) is 2.72. The molecule has 0 aliphatic carbocycles. The Kier molecular flexibility index (Phi) is 5.33. The lowest BCUT2D eigenvalue weighted by atomic mass is 10.3. The Morgan fingerprint density at radius 1 is 1.29 bits per heavy atom. The standard InChI is InChI=1S/C13H11BrN2O5/c14-9-2-1-3-10(6-9)19-8-13(18)20-7-12(17)15-11-4-5-21-16-11/h1-6H,7-8H2,(H,15,16,17). The van der Waals surface area contributed by atoms with Crippen LogP contribution in [0.15, 0.2) is 45.6 Å². The van der Waals surface area contributed by atoms with Crippen molar-refractivity contribution in [3.8, 4) is 5.75 Å². The van der Waals surface area contributed by atoms with E-state index in [9.17, 15) is 9.59 Å². The first-order chi connectivity index (χ1) is 10.1. The molecule has 0 saturated carbocycles. The summed E-state index contributed by atoms with van der Waals surface area (Å²) in [5, 5.41) is 5.88. The van der Waals surface area contributed by atoms with Crippen molar-refractivity contribution >= 4 is 33.6 Å². The van der Waals surface area contributed by atoms with E-state index in [-0.39, 0.29) is 12.4 Å². The number of carbonyl (C=O) groups excluding carboxylic acids is 2. The van der Waals surface area contributed by atoms with E-state index in [0.29, 0.717) is 5.75 Å². The highest BCUT2D eigenvalue weighted by molar-refractivity contribution is 9.10. The van der Waals surface area contributed by atoms with Crippen LogP contribution >= 0.6 is 15.9 Å². The first kappa shape index (κ1) is 15.0. The number of aromatic nitrogens is 1. The Balaban J connectivity index is 1.69. The summed E-state index contributed by atoms with van der Waals surface area (Å²) in [7, 11) is 0. The molecule has 0 saturated heterocycles. The second-order valence-corrected chi connectivity index (χ2v) is 4.76. The van der Waals surface area contributed by atoms with Crippen molar-refractivity contribution in [1.82, 2.24) is 5.16 Å². The van der Waals surface area contributed by atoms with Crippen molar-refractivity contribution < 1.29 is 23.6 Å². The molecule has 0 aliphatic rings. The second-order valence-electron chi connectivity index (χ2n) is 3.84. The number of nitrogens with one attached hydrogen (secondary N) is 1. The molecule has 1 aromatic heterocycles. The van der Waals surface area contributed by atoms with Gasteiger partial charge in [-0.2, -0.15) is 0 Å². The number of hydrogen-bond acceptors (Lipinski definition) is 6. The highest BCUT2D eigenvalue weighted by Crippen LogP contribution is 2.17. The number of carbonyl (C=O) groups is 2. The molecule has 0 fully saturated rings. The number of hydrogen-bond donors (Lipinski definition) is 1. The molecule has 0 spiro atoms. The number of ether oxygens (including phenoxy) is 2. The Hall–Kier alpha value is -2.35. The predicted molar refractivity (Wildman–Crippen MR) is 75.7 cm³/mol. The van der Waals surface area contributed by atoms with Crippen LogP contribution in [0.3, 0.4) is 0 Å². The Bertz CT molecular complexity index is 615. The van der Waals surface area contributed by atoms with Gasteiger partial charge in [-0.3, -0.25) is 4.79 Å². The highest BCUT2D eigenvalue weighted by atomic mass is 79.9. The highest BCUT2D eigenvalue weighted by Gasteiger charge is 2.09. The molecule has 0 unspecified atom stereocenters. The van der Waals surface area contributed by atoms with Gasteiger partial charge in [0.1, 0.15) is 12.0 Å². The van der Waals surface area contributed by atoms with Gasteiger partial charge in [0.2, 0.25) is 0 Å². The lowest BCUT2D eigenvalue weighted by molar-refractivity contribution is -0.149. The molecule has 1 heterocycles. The predicted octanol–water partition coefficient (Wildman–Crippen LogP) is 2.00. The van der Waals surface area contributed by atoms with Crippen molar-refractivity contribution in [2.75, 3.05) is 18.5 Å². The van der Waals surface area contributed by atoms with Crippen LogP contribution in [-0.2, 0) is 14.3 Å². The van der Waals surface area contributed by atoms with E-state index in [1.807, 2.05) is 6.07 Å². The van der Waals surface area contributed by atoms with Crippen molar-refractivity contribution in [3.63, 3.8) is 0 Å². The average Bonchev–Trinajstić information content (AvgIpc) is 2.96. The SMILES string of the molecule is O=C(COC(=O)COc1cccc(Br)c1)Nc1ccon1. The van der Waals surface area contributed by atoms with Gasteiger partial charge in [0.15, 0.2) is 19.0 Å². The molecule has 8 heteroatoms. The summed E-state index contributed by atoms with van der Waals surface area (Å²) in [5.74, 6) is -0.389. The fourth-order valence-electron chi connectivity index (χ4n) is 1.34. The quantitative estimate of drug-likeness (QED) is 0.797. The van der Waals surface area contributed by atoms with Crippen molar-refractivity contribution in [2.45, 2.75) is 0 Å². The van der Waals surface area contributed by atoms with Gasteiger partial charge in [0, 0.05) is 10.5 Å². The fraction of sp³-hybridized carbons (Fsp3) is 0.154. The van der Waals surface area contributed by atoms with Crippen molar-refractivity contribution in [3.05, 3.63) is 41.1 Å². The van der Waals surface area contributed by atoms with E-state index >= 15 is 0 Å². The summed E-state index contributed by atoms with van der Waals surface area (Å²) in [6.45, 7) is -0.707. The maximum Gasteiger partial charge on any atom is 0.344 e. The van der Waals surface area contributed by atoms with Crippen LogP contribution in [-0.4, -0.2) is 30.2 Å². The van der Waals surface area contributed by atoms with Gasteiger partial charge in [-0.15, -0.1) is 0 Å². The fourth-order valence-corrected chi connectivity index (χ4v) is 1.72. The molecular weight excluding hydrogens is 344 g/mol. The number of halogens is 1. The van der Waals surface area contributed by atoms with Gasteiger partial charge in [-0.1, -0.05) is 27.2 Å². The van der Waals surface area contributed by atoms with Crippen LogP contribution in [0, 0.1) is 0 Å². The zero-order valence-electron chi connectivity index (χ0n) is 10.7. The van der Waals surface area contributed by atoms with E-state index in [1.54, 1.807) is 18.2 Å². The molecular formula is C13H11BrN2O5. The molecule has 21 heavy (non-hydrogen) atoms. The van der Waals surface area contributed by atoms with Crippen LogP contribution in [0.1, 0.15) is 0 Å². The van der Waals surface area contributed by atoms with Crippen molar-refractivity contribution in [2.24, 2.45) is 0 Å². The van der Waals surface area contributed by atoms with Crippen molar-refractivity contribution in [1.29, 1.82) is 0 Å². The first-order valence-corrected chi connectivity index (χ1v) is 6.67. The summed E-state index contributed by atoms with van der Waals surface area (Å²) in [6.07, 6.45) is 1.31. The van der Waals surface area contributed by atoms with Gasteiger partial charge in [0.05, 0.1) is 0 Å². The molecule has 1 amide bonds. The van der Waals surface area contributed by atoms with Gasteiger partial charge in [-0.05, 0) is 18.2 Å². The molecule has 7 nitrogen and oxygen atoms in total. The number of amides is 1. The van der Waals surface area contributed by atoms with E-state index in [2.05, 4.69) is 30.9 Å². The minimum absolute atomic E-state index is 0.251. The molecule has 0 atom stereocenters. The summed E-state index contributed by atoms with van der Waals surface area (Å²) in [4.78, 5) is 22.9. The van der Waals surface area contributed by atoms with Crippen LogP contribution in [0.2, 0.25) is 0 Å². The summed E-state index contributed by atoms with van der Waals surface area (Å²) in [5.41, 5.74) is 0. The van der Waals surface area contributed by atoms with Crippen LogP contribution in [0.4, 0.5) is 5.82 Å². The lowest BCUT2D eigenvalue weighted by Crippen LogP contribution is -2.23. The molecule has 110 valence electrons. The monoisotopic (exact) mass is 354 g/mol. The Morgan fingerprint density at radius 3 is 2.86 bits per heavy atom. The minimum Gasteiger partial charge on any atom is -0.482 e. The molecule has 1 N–H and O–H groups in total. The van der Waals surface area contributed by atoms with E-state index in [4.69, 9.17) is 9.47 Å². The van der Waals surface area contributed by atoms with Crippen LogP contribution < -0.4 is 10.1 Å². The van der Waals surface area contributed by atoms with E-state index < -0.39 is 18.5 Å². The maximum atomic E-state index is 11.4. The van der Waals surface area contributed by atoms with Gasteiger partial charge in [0.25, 0.3) is 5.91 Å². The molecule has 0 radical (unpaired) electrons. The number of nitrogens with zero attached hydrogens (tertiary/aromatic N) is 1. The average molecular weight is 355 g/mol. The summed E-state index contributed by atoms with van der Waals surface area (Å²) < 4.78 is 15.4. The molecule has 0 aliphatic heterocycles. The molecule has 0 bridgehead atoms. The van der Waals surface area contributed by atoms with E-state index in [0.717, 1.165) is 4.47 Å². The smallest absolute Gasteiger partial charge is 0.344 e. The number of esters is 1. The minimum atomic E-state index is -0.648. The Labute approximate surface area is 128 Å². The number of benzene rings is 1. The second kappa shape index (κ2) is 7.44. The van der Waals surface area contributed by atoms with Gasteiger partial charge >= 0.3 is 5.97 Å². The summed E-state index contributed by atoms with van der Waals surface area (Å²) >= 11 is 3.28. The third-order valence-electron chi connectivity index (χ3n) is 2.22. The largest absolute Gasteiger partial charge is 0.482 e. The number of anilines is 1. The van der Waals surface area contributed by atoms with E-state index in [1.165, 1.54) is 12.3 Å². The summed E-state index contributed by atoms with van der Waals surface area (Å²) in [6, 6.07) is 8.49. The zero-order chi connectivity index (χ0) is 15.1. The molecule has 1 aromatic carbocycles. The van der Waals surface area contributed by atoms with Gasteiger partial charge < -0.3 is 19.3 Å². The maximum absolute atomic E-state index is 11.4. The molecule has 2 aromatic rings. The van der Waals surface area contributed by atoms with Gasteiger partial charge in [-0.25, -0.2) is 4.79 Å². The Morgan fingerprint density at radius 2 is 2.14 bits per heavy atom. The number of rotatable bonds is 6. The lowest BCUT2D eigenvalue weighted by Gasteiger charge is -2.07. The topological polar surface area (TPSA) is 90.7 Å². The first-order valence-electron chi connectivity index (χ1n) is 5.88. The van der Waals surface area contributed by atoms with Crippen LogP contribution in [0.25, 0.3) is 0 Å². The third kappa shape index (κ3) is 5.27. The normalized spacial score (nSPS) is 9.95. The van der Waals surface area contributed by atoms with Crippen LogP contribution in [0.5, 0.6) is 5.75 Å². The molecule has 2 rings (SSSR count). The zero-order valence-corrected chi connectivity index (χ0v) is 12.3.